The average Bonchev–Trinajstić information content (AvgIpc) is 3.12. The fraction of sp³-hybridized carbons (Fsp3) is 0.478. The summed E-state index contributed by atoms with van der Waals surface area (Å²) in [5, 5.41) is 5.00. The predicted molar refractivity (Wildman–Crippen MR) is 131 cm³/mol. The Morgan fingerprint density at radius 2 is 1.91 bits per heavy atom. The van der Waals surface area contributed by atoms with Crippen molar-refractivity contribution in [2.24, 2.45) is 5.73 Å². The van der Waals surface area contributed by atoms with Gasteiger partial charge in [0.25, 0.3) is 0 Å². The van der Waals surface area contributed by atoms with Crippen molar-refractivity contribution in [3.63, 3.8) is 0 Å². The largest absolute Gasteiger partial charge is 0.442 e. The Kier molecular flexibility index (Phi) is 6.48. The molecule has 1 aliphatic rings. The molecule has 4 rings (SSSR count). The summed E-state index contributed by atoms with van der Waals surface area (Å²) in [5.41, 5.74) is 6.43. The average molecular weight is 509 g/mol. The summed E-state index contributed by atoms with van der Waals surface area (Å²) >= 11 is 12.6. The third-order valence-corrected chi connectivity index (χ3v) is 6.48. The van der Waals surface area contributed by atoms with Crippen molar-refractivity contribution in [1.82, 2.24) is 19.7 Å². The number of nitrogens with two attached hydrogens (primary N) is 1. The molecule has 34 heavy (non-hydrogen) atoms. The van der Waals surface area contributed by atoms with E-state index in [0.29, 0.717) is 42.3 Å². The number of hydrogen-bond acceptors (Lipinski definition) is 7. The maximum Gasteiger partial charge on any atom is 0.437 e. The zero-order valence-corrected chi connectivity index (χ0v) is 21.0. The summed E-state index contributed by atoms with van der Waals surface area (Å²) in [6.45, 7) is 7.59. The highest BCUT2D eigenvalue weighted by atomic mass is 35.5. The number of carbonyl (C=O) groups excluding carboxylic acids is 1. The fourth-order valence-electron chi connectivity index (χ4n) is 3.83. The van der Waals surface area contributed by atoms with Gasteiger partial charge in [0.1, 0.15) is 29.2 Å². The highest BCUT2D eigenvalue weighted by Gasteiger charge is 2.31. The smallest absolute Gasteiger partial charge is 0.437 e. The topological polar surface area (TPSA) is 99.2 Å². The zero-order valence-electron chi connectivity index (χ0n) is 19.5. The van der Waals surface area contributed by atoms with Crippen LogP contribution in [0.2, 0.25) is 10.0 Å². The number of nitrogens with zero attached hydrogens (tertiary/aromatic N) is 5. The van der Waals surface area contributed by atoms with Gasteiger partial charge in [0, 0.05) is 24.2 Å². The van der Waals surface area contributed by atoms with Crippen molar-refractivity contribution in [1.29, 1.82) is 0 Å². The van der Waals surface area contributed by atoms with Crippen molar-refractivity contribution >= 4 is 46.3 Å². The molecule has 0 bridgehead atoms. The lowest BCUT2D eigenvalue weighted by molar-refractivity contribution is 0.0522. The van der Waals surface area contributed by atoms with Crippen LogP contribution in [0.5, 0.6) is 0 Å². The van der Waals surface area contributed by atoms with Gasteiger partial charge >= 0.3 is 6.09 Å². The number of halogens is 3. The van der Waals surface area contributed by atoms with Gasteiger partial charge in [-0.25, -0.2) is 19.2 Å². The molecule has 0 spiro atoms. The highest BCUT2D eigenvalue weighted by molar-refractivity contribution is 6.43. The van der Waals surface area contributed by atoms with Gasteiger partial charge in [0.05, 0.1) is 10.0 Å². The summed E-state index contributed by atoms with van der Waals surface area (Å²) in [6.07, 6.45) is 0.698. The van der Waals surface area contributed by atoms with Crippen LogP contribution in [-0.4, -0.2) is 50.1 Å². The monoisotopic (exact) mass is 508 g/mol. The van der Waals surface area contributed by atoms with E-state index in [9.17, 15) is 9.18 Å². The van der Waals surface area contributed by atoms with Crippen molar-refractivity contribution in [3.8, 4) is 11.3 Å². The van der Waals surface area contributed by atoms with E-state index >= 15 is 0 Å². The van der Waals surface area contributed by atoms with Crippen LogP contribution in [0.15, 0.2) is 18.2 Å². The number of piperidine rings is 1. The second-order valence-electron chi connectivity index (χ2n) is 9.78. The molecule has 0 saturated carbocycles. The third kappa shape index (κ3) is 4.82. The molecule has 1 aliphatic heterocycles. The Balaban J connectivity index is 1.92. The Bertz CT molecular complexity index is 1240. The van der Waals surface area contributed by atoms with Crippen molar-refractivity contribution < 1.29 is 13.9 Å². The Hall–Kier alpha value is -2.49. The molecule has 2 N–H and O–H groups in total. The van der Waals surface area contributed by atoms with E-state index < -0.39 is 18.4 Å². The number of ether oxygens (including phenoxy) is 1. The summed E-state index contributed by atoms with van der Waals surface area (Å²) in [4.78, 5) is 24.2. The van der Waals surface area contributed by atoms with E-state index in [0.717, 1.165) is 4.68 Å². The molecule has 8 nitrogen and oxygen atoms in total. The third-order valence-electron chi connectivity index (χ3n) is 5.66. The van der Waals surface area contributed by atoms with Crippen molar-refractivity contribution in [2.45, 2.75) is 58.4 Å². The maximum atomic E-state index is 14.2. The molecular formula is C23H27Cl2FN6O2. The molecule has 0 amide bonds. The van der Waals surface area contributed by atoms with Crippen LogP contribution in [0.4, 0.5) is 15.0 Å². The fourth-order valence-corrected chi connectivity index (χ4v) is 4.22. The predicted octanol–water partition coefficient (Wildman–Crippen LogP) is 5.37. The van der Waals surface area contributed by atoms with E-state index in [1.54, 1.807) is 39.0 Å². The van der Waals surface area contributed by atoms with Crippen molar-refractivity contribution in [3.05, 3.63) is 33.9 Å². The minimum atomic E-state index is -0.838. The number of anilines is 1. The van der Waals surface area contributed by atoms with Gasteiger partial charge in [-0.15, -0.1) is 4.68 Å². The molecule has 11 heteroatoms. The lowest BCUT2D eigenvalue weighted by Gasteiger charge is -2.37. The Labute approximate surface area is 207 Å². The van der Waals surface area contributed by atoms with Crippen LogP contribution in [-0.2, 0) is 11.4 Å². The van der Waals surface area contributed by atoms with Gasteiger partial charge in [-0.05, 0) is 46.6 Å². The lowest BCUT2D eigenvalue weighted by Crippen LogP contribution is -2.48. The number of aromatic nitrogens is 4. The first-order chi connectivity index (χ1) is 15.9. The summed E-state index contributed by atoms with van der Waals surface area (Å²) in [7, 11) is 0. The first-order valence-electron chi connectivity index (χ1n) is 11.0. The van der Waals surface area contributed by atoms with E-state index in [1.807, 2.05) is 11.8 Å². The van der Waals surface area contributed by atoms with Gasteiger partial charge in [0.15, 0.2) is 11.5 Å². The van der Waals surface area contributed by atoms with E-state index in [4.69, 9.17) is 33.7 Å². The molecule has 1 fully saturated rings. The summed E-state index contributed by atoms with van der Waals surface area (Å²) in [5.74, 6) is 0.360. The Morgan fingerprint density at radius 1 is 1.24 bits per heavy atom. The van der Waals surface area contributed by atoms with Gasteiger partial charge in [-0.3, -0.25) is 0 Å². The number of rotatable bonds is 3. The first kappa shape index (κ1) is 24.6. The maximum absolute atomic E-state index is 14.2. The first-order valence-corrected chi connectivity index (χ1v) is 11.7. The second kappa shape index (κ2) is 8.94. The van der Waals surface area contributed by atoms with Crippen LogP contribution in [0, 0.1) is 0 Å². The van der Waals surface area contributed by atoms with E-state index in [2.05, 4.69) is 15.1 Å². The Morgan fingerprint density at radius 3 is 2.53 bits per heavy atom. The molecule has 1 saturated heterocycles. The van der Waals surface area contributed by atoms with Gasteiger partial charge in [-0.2, -0.15) is 5.10 Å². The van der Waals surface area contributed by atoms with Crippen LogP contribution < -0.4 is 10.6 Å². The van der Waals surface area contributed by atoms with E-state index in [-0.39, 0.29) is 33.1 Å². The highest BCUT2D eigenvalue weighted by Crippen LogP contribution is 2.37. The quantitative estimate of drug-likeness (QED) is 0.507. The molecular weight excluding hydrogens is 482 g/mol. The van der Waals surface area contributed by atoms with Crippen LogP contribution >= 0.6 is 23.2 Å². The van der Waals surface area contributed by atoms with Crippen LogP contribution in [0.25, 0.3) is 22.4 Å². The number of benzene rings is 1. The molecule has 3 aromatic rings. The second-order valence-corrected chi connectivity index (χ2v) is 10.6. The minimum Gasteiger partial charge on any atom is -0.442 e. The van der Waals surface area contributed by atoms with Crippen LogP contribution in [0.3, 0.4) is 0 Å². The lowest BCUT2D eigenvalue weighted by atomic mass is 9.91. The molecule has 0 radical (unpaired) electrons. The molecule has 182 valence electrons. The molecule has 0 aliphatic carbocycles. The van der Waals surface area contributed by atoms with Crippen molar-refractivity contribution in [2.75, 3.05) is 18.0 Å². The molecule has 0 atom stereocenters. The number of alkyl halides is 1. The van der Waals surface area contributed by atoms with Gasteiger partial charge in [-0.1, -0.05) is 35.3 Å². The number of hydrogen-bond donors (Lipinski definition) is 1. The van der Waals surface area contributed by atoms with E-state index in [1.165, 1.54) is 0 Å². The number of fused-ring (bicyclic) bond motifs is 1. The minimum absolute atomic E-state index is 0.147. The molecule has 3 heterocycles. The van der Waals surface area contributed by atoms with Gasteiger partial charge in [0.2, 0.25) is 0 Å². The normalized spacial score (nSPS) is 16.2. The summed E-state index contributed by atoms with van der Waals surface area (Å²) in [6, 6.07) is 5.04. The summed E-state index contributed by atoms with van der Waals surface area (Å²) < 4.78 is 20.7. The van der Waals surface area contributed by atoms with Gasteiger partial charge < -0.3 is 15.4 Å². The number of carbonyl (C=O) groups is 1. The zero-order chi connectivity index (χ0) is 24.8. The molecule has 2 aromatic heterocycles. The molecule has 0 unspecified atom stereocenters. The standard InChI is InChI=1S/C23H27Cl2FN6O2/c1-22(2,3)34-21(33)32-20-18(17(30-32)13-6-5-7-14(24)16(13)25)28-15(12-26)19(29-20)31-10-8-23(4,27)9-11-31/h5-7H,8-12,27H2,1-4H3. The molecule has 1 aromatic carbocycles. The van der Waals surface area contributed by atoms with Crippen LogP contribution in [0.1, 0.15) is 46.2 Å². The SMILES string of the molecule is CC1(N)CCN(c2nc3c(nc2CF)c(-c2cccc(Cl)c2Cl)nn3C(=O)OC(C)(C)C)CC1.